The van der Waals surface area contributed by atoms with Gasteiger partial charge in [0.1, 0.15) is 6.04 Å². The predicted octanol–water partition coefficient (Wildman–Crippen LogP) is -0.247. The fourth-order valence-electron chi connectivity index (χ4n) is 1.23. The standard InChI is InChI=1S/C11H21N3O2/c1-6(2)9(12)11(16)13-7(3)10(15)14-8-4-5-8/h6-9H,4-5,12H2,1-3H3,(H,13,16)(H,14,15)/t7?,9-/m1/s1. The monoisotopic (exact) mass is 227 g/mol. The Morgan fingerprint density at radius 3 is 2.19 bits per heavy atom. The number of carbonyl (C=O) groups is 2. The molecule has 1 saturated carbocycles. The van der Waals surface area contributed by atoms with Crippen molar-refractivity contribution in [3.05, 3.63) is 0 Å². The van der Waals surface area contributed by atoms with E-state index in [1.54, 1.807) is 6.92 Å². The van der Waals surface area contributed by atoms with Gasteiger partial charge in [-0.05, 0) is 25.7 Å². The predicted molar refractivity (Wildman–Crippen MR) is 61.6 cm³/mol. The Morgan fingerprint density at radius 2 is 1.75 bits per heavy atom. The lowest BCUT2D eigenvalue weighted by Crippen LogP contribution is -2.52. The van der Waals surface area contributed by atoms with Crippen molar-refractivity contribution < 1.29 is 9.59 Å². The van der Waals surface area contributed by atoms with Crippen LogP contribution < -0.4 is 16.4 Å². The zero-order valence-corrected chi connectivity index (χ0v) is 10.1. The highest BCUT2D eigenvalue weighted by Crippen LogP contribution is 2.18. The number of rotatable bonds is 5. The lowest BCUT2D eigenvalue weighted by Gasteiger charge is -2.19. The molecule has 2 amide bonds. The average molecular weight is 227 g/mol. The third kappa shape index (κ3) is 3.81. The van der Waals surface area contributed by atoms with Crippen molar-refractivity contribution in [3.8, 4) is 0 Å². The molecule has 4 N–H and O–H groups in total. The molecule has 0 aromatic rings. The summed E-state index contributed by atoms with van der Waals surface area (Å²) in [5, 5.41) is 5.45. The Hall–Kier alpha value is -1.10. The van der Waals surface area contributed by atoms with Gasteiger partial charge in [0.25, 0.3) is 0 Å². The molecule has 5 heteroatoms. The molecule has 92 valence electrons. The Balaban J connectivity index is 2.34. The third-order valence-electron chi connectivity index (χ3n) is 2.70. The molecule has 1 aliphatic carbocycles. The quantitative estimate of drug-likeness (QED) is 0.605. The van der Waals surface area contributed by atoms with Gasteiger partial charge < -0.3 is 16.4 Å². The first-order valence-electron chi connectivity index (χ1n) is 5.78. The van der Waals surface area contributed by atoms with Crippen molar-refractivity contribution in [1.29, 1.82) is 0 Å². The van der Waals surface area contributed by atoms with Crippen LogP contribution in [0.15, 0.2) is 0 Å². The van der Waals surface area contributed by atoms with E-state index in [4.69, 9.17) is 5.73 Å². The molecule has 1 fully saturated rings. The molecule has 1 aliphatic rings. The summed E-state index contributed by atoms with van der Waals surface area (Å²) in [4.78, 5) is 23.1. The van der Waals surface area contributed by atoms with Crippen molar-refractivity contribution in [2.45, 2.75) is 51.7 Å². The largest absolute Gasteiger partial charge is 0.352 e. The van der Waals surface area contributed by atoms with E-state index < -0.39 is 12.1 Å². The summed E-state index contributed by atoms with van der Waals surface area (Å²) in [6.07, 6.45) is 2.08. The summed E-state index contributed by atoms with van der Waals surface area (Å²) in [5.41, 5.74) is 5.68. The molecule has 0 aliphatic heterocycles. The number of nitrogens with one attached hydrogen (secondary N) is 2. The van der Waals surface area contributed by atoms with Crippen LogP contribution >= 0.6 is 0 Å². The first-order chi connectivity index (χ1) is 7.41. The molecule has 0 heterocycles. The van der Waals surface area contributed by atoms with E-state index in [-0.39, 0.29) is 17.7 Å². The fraction of sp³-hybridized carbons (Fsp3) is 0.818. The summed E-state index contributed by atoms with van der Waals surface area (Å²) < 4.78 is 0. The highest BCUT2D eigenvalue weighted by Gasteiger charge is 2.27. The number of carbonyl (C=O) groups excluding carboxylic acids is 2. The zero-order chi connectivity index (χ0) is 12.3. The number of hydrogen-bond acceptors (Lipinski definition) is 3. The second kappa shape index (κ2) is 5.30. The molecule has 2 atom stereocenters. The molecule has 0 aromatic carbocycles. The lowest BCUT2D eigenvalue weighted by molar-refractivity contribution is -0.129. The topological polar surface area (TPSA) is 84.2 Å². The molecule has 0 spiro atoms. The van der Waals surface area contributed by atoms with E-state index in [1.807, 2.05) is 13.8 Å². The molecular weight excluding hydrogens is 206 g/mol. The van der Waals surface area contributed by atoms with E-state index in [9.17, 15) is 9.59 Å². The van der Waals surface area contributed by atoms with Gasteiger partial charge in [0.15, 0.2) is 0 Å². The second-order valence-corrected chi connectivity index (χ2v) is 4.78. The van der Waals surface area contributed by atoms with Crippen molar-refractivity contribution in [2.24, 2.45) is 11.7 Å². The molecule has 1 unspecified atom stereocenters. The van der Waals surface area contributed by atoms with Crippen LogP contribution in [0.1, 0.15) is 33.6 Å². The van der Waals surface area contributed by atoms with Gasteiger partial charge in [0.2, 0.25) is 11.8 Å². The first-order valence-corrected chi connectivity index (χ1v) is 5.78. The van der Waals surface area contributed by atoms with Crippen LogP contribution in [0.25, 0.3) is 0 Å². The number of nitrogens with two attached hydrogens (primary N) is 1. The van der Waals surface area contributed by atoms with Crippen LogP contribution in [0.4, 0.5) is 0 Å². The van der Waals surface area contributed by atoms with Gasteiger partial charge in [-0.2, -0.15) is 0 Å². The van der Waals surface area contributed by atoms with Gasteiger partial charge in [-0.15, -0.1) is 0 Å². The van der Waals surface area contributed by atoms with E-state index in [2.05, 4.69) is 10.6 Å². The van der Waals surface area contributed by atoms with Crippen molar-refractivity contribution >= 4 is 11.8 Å². The molecule has 0 saturated heterocycles. The maximum atomic E-state index is 11.6. The zero-order valence-electron chi connectivity index (χ0n) is 10.1. The Morgan fingerprint density at radius 1 is 1.19 bits per heavy atom. The summed E-state index contributed by atoms with van der Waals surface area (Å²) in [6.45, 7) is 5.42. The summed E-state index contributed by atoms with van der Waals surface area (Å²) >= 11 is 0. The number of amides is 2. The molecule has 1 rings (SSSR count). The molecule has 16 heavy (non-hydrogen) atoms. The molecular formula is C11H21N3O2. The minimum Gasteiger partial charge on any atom is -0.352 e. The minimum absolute atomic E-state index is 0.0682. The van der Waals surface area contributed by atoms with E-state index >= 15 is 0 Å². The molecule has 0 bridgehead atoms. The van der Waals surface area contributed by atoms with E-state index in [1.165, 1.54) is 0 Å². The van der Waals surface area contributed by atoms with Crippen LogP contribution in [-0.4, -0.2) is 29.9 Å². The van der Waals surface area contributed by atoms with Crippen LogP contribution in [0, 0.1) is 5.92 Å². The molecule has 0 radical (unpaired) electrons. The van der Waals surface area contributed by atoms with Gasteiger partial charge in [-0.1, -0.05) is 13.8 Å². The van der Waals surface area contributed by atoms with Gasteiger partial charge in [0.05, 0.1) is 6.04 Å². The Kier molecular flexibility index (Phi) is 4.29. The smallest absolute Gasteiger partial charge is 0.242 e. The lowest BCUT2D eigenvalue weighted by atomic mass is 10.0. The van der Waals surface area contributed by atoms with Crippen LogP contribution in [-0.2, 0) is 9.59 Å². The first kappa shape index (κ1) is 13.0. The highest BCUT2D eigenvalue weighted by molar-refractivity contribution is 5.89. The average Bonchev–Trinajstić information content (AvgIpc) is 2.99. The third-order valence-corrected chi connectivity index (χ3v) is 2.70. The maximum Gasteiger partial charge on any atom is 0.242 e. The highest BCUT2D eigenvalue weighted by atomic mass is 16.2. The molecule has 5 nitrogen and oxygen atoms in total. The van der Waals surface area contributed by atoms with Gasteiger partial charge in [-0.3, -0.25) is 9.59 Å². The van der Waals surface area contributed by atoms with Gasteiger partial charge in [0, 0.05) is 6.04 Å². The fourth-order valence-corrected chi connectivity index (χ4v) is 1.23. The maximum absolute atomic E-state index is 11.6. The van der Waals surface area contributed by atoms with Gasteiger partial charge >= 0.3 is 0 Å². The van der Waals surface area contributed by atoms with E-state index in [0.717, 1.165) is 12.8 Å². The summed E-state index contributed by atoms with van der Waals surface area (Å²) in [7, 11) is 0. The molecule has 0 aromatic heterocycles. The van der Waals surface area contributed by atoms with Crippen molar-refractivity contribution in [2.75, 3.05) is 0 Å². The van der Waals surface area contributed by atoms with Crippen molar-refractivity contribution in [3.63, 3.8) is 0 Å². The van der Waals surface area contributed by atoms with Crippen LogP contribution in [0.5, 0.6) is 0 Å². The normalized spacial score (nSPS) is 19.1. The van der Waals surface area contributed by atoms with E-state index in [0.29, 0.717) is 6.04 Å². The number of hydrogen-bond donors (Lipinski definition) is 3. The summed E-state index contributed by atoms with van der Waals surface area (Å²) in [5.74, 6) is -0.334. The Labute approximate surface area is 96.1 Å². The second-order valence-electron chi connectivity index (χ2n) is 4.78. The van der Waals surface area contributed by atoms with Crippen LogP contribution in [0.3, 0.4) is 0 Å². The van der Waals surface area contributed by atoms with Gasteiger partial charge in [-0.25, -0.2) is 0 Å². The SMILES string of the molecule is CC(NC(=O)[C@H](N)C(C)C)C(=O)NC1CC1. The minimum atomic E-state index is -0.559. The van der Waals surface area contributed by atoms with Crippen molar-refractivity contribution in [1.82, 2.24) is 10.6 Å². The summed E-state index contributed by atoms with van der Waals surface area (Å²) in [6, 6.07) is -0.764. The van der Waals surface area contributed by atoms with Crippen LogP contribution in [0.2, 0.25) is 0 Å². The Bertz CT molecular complexity index is 274.